The third-order valence-electron chi connectivity index (χ3n) is 2.96. The maximum absolute atomic E-state index is 5.71. The average Bonchev–Trinajstić information content (AvgIpc) is 2.27. The van der Waals surface area contributed by atoms with Gasteiger partial charge in [-0.3, -0.25) is 0 Å². The van der Waals surface area contributed by atoms with Crippen LogP contribution < -0.4 is 0 Å². The zero-order chi connectivity index (χ0) is 12.4. The summed E-state index contributed by atoms with van der Waals surface area (Å²) in [5, 5.41) is 2.12. The Labute approximate surface area is 118 Å². The lowest BCUT2D eigenvalue weighted by Gasteiger charge is -2.29. The minimum atomic E-state index is 0.382. The fraction of sp³-hybridized carbons (Fsp3) is 1.00. The van der Waals surface area contributed by atoms with Crippen molar-refractivity contribution >= 4 is 31.9 Å². The summed E-state index contributed by atoms with van der Waals surface area (Å²) >= 11 is 7.28. The normalized spacial score (nSPS) is 12.4. The summed E-state index contributed by atoms with van der Waals surface area (Å²) in [5.41, 5.74) is 0.382. The Hall–Kier alpha value is 0.920. The fourth-order valence-corrected chi connectivity index (χ4v) is 3.72. The number of alkyl halides is 2. The van der Waals surface area contributed by atoms with Crippen molar-refractivity contribution in [2.45, 2.75) is 46.5 Å². The van der Waals surface area contributed by atoms with E-state index in [1.165, 1.54) is 19.3 Å². The second-order valence-electron chi connectivity index (χ2n) is 5.06. The number of halogens is 2. The van der Waals surface area contributed by atoms with E-state index in [1.807, 2.05) is 0 Å². The van der Waals surface area contributed by atoms with Crippen LogP contribution >= 0.6 is 31.9 Å². The molecule has 0 N–H and O–H groups in total. The molecule has 0 rings (SSSR count). The smallest absolute Gasteiger partial charge is 0.0471 e. The van der Waals surface area contributed by atoms with Crippen LogP contribution in [0.25, 0.3) is 0 Å². The number of ether oxygens (including phenoxy) is 1. The summed E-state index contributed by atoms with van der Waals surface area (Å²) in [6.07, 6.45) is 4.82. The van der Waals surface area contributed by atoms with Gasteiger partial charge in [-0.05, 0) is 30.6 Å². The van der Waals surface area contributed by atoms with E-state index < -0.39 is 0 Å². The van der Waals surface area contributed by atoms with Gasteiger partial charge in [-0.25, -0.2) is 0 Å². The molecule has 0 amide bonds. The molecule has 0 aliphatic heterocycles. The summed E-state index contributed by atoms with van der Waals surface area (Å²) in [6, 6.07) is 0. The van der Waals surface area contributed by atoms with Crippen molar-refractivity contribution in [2.75, 3.05) is 23.9 Å². The van der Waals surface area contributed by atoms with E-state index >= 15 is 0 Å². The maximum atomic E-state index is 5.71. The lowest BCUT2D eigenvalue weighted by atomic mass is 9.85. The monoisotopic (exact) mass is 356 g/mol. The Morgan fingerprint density at radius 1 is 1.06 bits per heavy atom. The molecule has 0 aromatic carbocycles. The van der Waals surface area contributed by atoms with Gasteiger partial charge in [-0.1, -0.05) is 59.1 Å². The Morgan fingerprint density at radius 2 is 1.69 bits per heavy atom. The van der Waals surface area contributed by atoms with E-state index in [2.05, 4.69) is 52.6 Å². The van der Waals surface area contributed by atoms with Gasteiger partial charge in [0.2, 0.25) is 0 Å². The van der Waals surface area contributed by atoms with Gasteiger partial charge in [-0.15, -0.1) is 0 Å². The summed E-state index contributed by atoms with van der Waals surface area (Å²) in [6.45, 7) is 8.53. The van der Waals surface area contributed by atoms with Crippen molar-refractivity contribution in [1.82, 2.24) is 0 Å². The van der Waals surface area contributed by atoms with E-state index in [1.54, 1.807) is 0 Å². The lowest BCUT2D eigenvalue weighted by Crippen LogP contribution is -2.26. The minimum Gasteiger partial charge on any atom is -0.381 e. The summed E-state index contributed by atoms with van der Waals surface area (Å²) in [7, 11) is 0. The van der Waals surface area contributed by atoms with Crippen LogP contribution in [-0.2, 0) is 4.74 Å². The molecular weight excluding hydrogens is 332 g/mol. The van der Waals surface area contributed by atoms with Crippen molar-refractivity contribution in [3.05, 3.63) is 0 Å². The molecule has 0 unspecified atom stereocenters. The van der Waals surface area contributed by atoms with Gasteiger partial charge in [-0.2, -0.15) is 0 Å². The molecule has 0 aliphatic carbocycles. The molecule has 0 aromatic rings. The molecule has 0 aromatic heterocycles. The van der Waals surface area contributed by atoms with Crippen LogP contribution in [-0.4, -0.2) is 23.9 Å². The molecule has 0 spiro atoms. The topological polar surface area (TPSA) is 9.23 Å². The number of hydrogen-bond acceptors (Lipinski definition) is 1. The van der Waals surface area contributed by atoms with Crippen molar-refractivity contribution in [3.8, 4) is 0 Å². The first-order valence-corrected chi connectivity index (χ1v) is 8.54. The zero-order valence-corrected chi connectivity index (χ0v) is 14.1. The van der Waals surface area contributed by atoms with Crippen molar-refractivity contribution in [2.24, 2.45) is 11.3 Å². The van der Waals surface area contributed by atoms with E-state index in [0.717, 1.165) is 36.2 Å². The first-order chi connectivity index (χ1) is 7.60. The molecule has 3 heteroatoms. The van der Waals surface area contributed by atoms with E-state index in [4.69, 9.17) is 4.74 Å². The highest BCUT2D eigenvalue weighted by atomic mass is 79.9. The van der Waals surface area contributed by atoms with E-state index in [0.29, 0.717) is 5.41 Å². The van der Waals surface area contributed by atoms with Crippen LogP contribution in [0.5, 0.6) is 0 Å². The lowest BCUT2D eigenvalue weighted by molar-refractivity contribution is 0.0962. The molecule has 0 aliphatic rings. The molecule has 0 fully saturated rings. The third-order valence-corrected chi connectivity index (χ3v) is 5.34. The number of rotatable bonds is 10. The SMILES string of the molecule is CCCC(CBr)(CBr)CCOCCC(C)C. The van der Waals surface area contributed by atoms with Crippen LogP contribution in [0.15, 0.2) is 0 Å². The van der Waals surface area contributed by atoms with Crippen LogP contribution in [0.3, 0.4) is 0 Å². The van der Waals surface area contributed by atoms with Crippen LogP contribution in [0.1, 0.15) is 46.5 Å². The van der Waals surface area contributed by atoms with Gasteiger partial charge in [0, 0.05) is 23.9 Å². The second kappa shape index (κ2) is 9.90. The molecule has 98 valence electrons. The van der Waals surface area contributed by atoms with E-state index in [9.17, 15) is 0 Å². The quantitative estimate of drug-likeness (QED) is 0.394. The van der Waals surface area contributed by atoms with Crippen LogP contribution in [0, 0.1) is 11.3 Å². The van der Waals surface area contributed by atoms with Crippen molar-refractivity contribution < 1.29 is 4.74 Å². The van der Waals surface area contributed by atoms with Gasteiger partial charge >= 0.3 is 0 Å². The highest BCUT2D eigenvalue weighted by Crippen LogP contribution is 2.32. The predicted octanol–water partition coefficient (Wildman–Crippen LogP) is 5.02. The molecule has 0 bridgehead atoms. The third kappa shape index (κ3) is 7.29. The fourth-order valence-electron chi connectivity index (χ4n) is 1.67. The maximum Gasteiger partial charge on any atom is 0.0471 e. The van der Waals surface area contributed by atoms with Crippen LogP contribution in [0.2, 0.25) is 0 Å². The first-order valence-electron chi connectivity index (χ1n) is 6.30. The van der Waals surface area contributed by atoms with Gasteiger partial charge in [0.25, 0.3) is 0 Å². The molecular formula is C13H26Br2O. The predicted molar refractivity (Wildman–Crippen MR) is 79.8 cm³/mol. The van der Waals surface area contributed by atoms with Crippen molar-refractivity contribution in [3.63, 3.8) is 0 Å². The Morgan fingerprint density at radius 3 is 2.12 bits per heavy atom. The van der Waals surface area contributed by atoms with E-state index in [-0.39, 0.29) is 0 Å². The standard InChI is InChI=1S/C13H26Br2O/c1-4-6-13(10-14,11-15)7-9-16-8-5-12(2)3/h12H,4-11H2,1-3H3. The zero-order valence-electron chi connectivity index (χ0n) is 10.9. The van der Waals surface area contributed by atoms with Crippen molar-refractivity contribution in [1.29, 1.82) is 0 Å². The summed E-state index contributed by atoms with van der Waals surface area (Å²) < 4.78 is 5.71. The summed E-state index contributed by atoms with van der Waals surface area (Å²) in [4.78, 5) is 0. The minimum absolute atomic E-state index is 0.382. The van der Waals surface area contributed by atoms with Crippen LogP contribution in [0.4, 0.5) is 0 Å². The van der Waals surface area contributed by atoms with Gasteiger partial charge in [0.05, 0.1) is 0 Å². The average molecular weight is 358 g/mol. The molecule has 0 heterocycles. The van der Waals surface area contributed by atoms with Gasteiger partial charge in [0.1, 0.15) is 0 Å². The highest BCUT2D eigenvalue weighted by Gasteiger charge is 2.26. The molecule has 0 radical (unpaired) electrons. The summed E-state index contributed by atoms with van der Waals surface area (Å²) in [5.74, 6) is 0.743. The molecule has 1 nitrogen and oxygen atoms in total. The Kier molecular flexibility index (Phi) is 10.5. The van der Waals surface area contributed by atoms with Gasteiger partial charge < -0.3 is 4.74 Å². The molecule has 0 saturated carbocycles. The highest BCUT2D eigenvalue weighted by molar-refractivity contribution is 9.09. The Bertz CT molecular complexity index is 156. The molecule has 16 heavy (non-hydrogen) atoms. The second-order valence-corrected chi connectivity index (χ2v) is 6.18. The molecule has 0 saturated heterocycles. The Balaban J connectivity index is 3.75. The largest absolute Gasteiger partial charge is 0.381 e. The number of hydrogen-bond donors (Lipinski definition) is 0. The molecule has 0 atom stereocenters. The first kappa shape index (κ1) is 16.9. The van der Waals surface area contributed by atoms with Gasteiger partial charge in [0.15, 0.2) is 0 Å².